The fraction of sp³-hybridized carbons (Fsp3) is 0.294. The Bertz CT molecular complexity index is 671. The van der Waals surface area contributed by atoms with Crippen LogP contribution in [-0.4, -0.2) is 13.2 Å². The molecular formula is C17H17NO3. The van der Waals surface area contributed by atoms with Gasteiger partial charge in [0.25, 0.3) is 0 Å². The van der Waals surface area contributed by atoms with E-state index in [1.807, 2.05) is 42.5 Å². The van der Waals surface area contributed by atoms with E-state index in [1.165, 1.54) is 0 Å². The zero-order valence-electron chi connectivity index (χ0n) is 11.6. The van der Waals surface area contributed by atoms with Crippen LogP contribution in [0.3, 0.4) is 0 Å². The summed E-state index contributed by atoms with van der Waals surface area (Å²) in [7, 11) is 0. The van der Waals surface area contributed by atoms with Gasteiger partial charge in [0.2, 0.25) is 0 Å². The second kappa shape index (κ2) is 4.97. The van der Waals surface area contributed by atoms with Gasteiger partial charge in [-0.25, -0.2) is 0 Å². The highest BCUT2D eigenvalue weighted by molar-refractivity contribution is 5.46. The minimum absolute atomic E-state index is 0.00634. The molecule has 0 bridgehead atoms. The Hall–Kier alpha value is -2.20. The molecule has 0 saturated carbocycles. The summed E-state index contributed by atoms with van der Waals surface area (Å²) in [6.45, 7) is 1.19. The first-order valence-corrected chi connectivity index (χ1v) is 7.22. The zero-order valence-corrected chi connectivity index (χ0v) is 11.6. The van der Waals surface area contributed by atoms with Gasteiger partial charge < -0.3 is 19.9 Å². The molecule has 2 N–H and O–H groups in total. The van der Waals surface area contributed by atoms with E-state index in [4.69, 9.17) is 19.9 Å². The van der Waals surface area contributed by atoms with Crippen LogP contribution >= 0.6 is 0 Å². The average Bonchev–Trinajstić information content (AvgIpc) is 2.54. The van der Waals surface area contributed by atoms with E-state index in [1.54, 1.807) is 0 Å². The number of hydrogen-bond acceptors (Lipinski definition) is 4. The van der Waals surface area contributed by atoms with E-state index >= 15 is 0 Å². The molecule has 2 aliphatic rings. The number of benzene rings is 2. The van der Waals surface area contributed by atoms with Gasteiger partial charge in [-0.15, -0.1) is 0 Å². The number of rotatable bonds is 1. The molecule has 2 aromatic rings. The van der Waals surface area contributed by atoms with Crippen molar-refractivity contribution in [3.63, 3.8) is 0 Å². The second-order valence-corrected chi connectivity index (χ2v) is 5.39. The maximum atomic E-state index is 6.28. The zero-order chi connectivity index (χ0) is 14.2. The normalized spacial score (nSPS) is 23.1. The molecule has 0 aliphatic carbocycles. The van der Waals surface area contributed by atoms with Crippen LogP contribution in [0.25, 0.3) is 0 Å². The number of nitrogens with two attached hydrogens (primary N) is 1. The van der Waals surface area contributed by atoms with Crippen molar-refractivity contribution in [2.45, 2.75) is 18.6 Å². The van der Waals surface area contributed by atoms with Crippen molar-refractivity contribution in [3.05, 3.63) is 53.6 Å². The maximum absolute atomic E-state index is 6.28. The Labute approximate surface area is 123 Å². The first-order valence-electron chi connectivity index (χ1n) is 7.22. The van der Waals surface area contributed by atoms with E-state index in [0.29, 0.717) is 13.2 Å². The number of fused-ring (bicyclic) bond motifs is 2. The molecule has 2 aliphatic heterocycles. The molecular weight excluding hydrogens is 266 g/mol. The minimum Gasteiger partial charge on any atom is -0.486 e. The predicted molar refractivity (Wildman–Crippen MR) is 78.8 cm³/mol. The monoisotopic (exact) mass is 283 g/mol. The molecule has 0 aromatic heterocycles. The first kappa shape index (κ1) is 12.5. The van der Waals surface area contributed by atoms with Gasteiger partial charge >= 0.3 is 0 Å². The van der Waals surface area contributed by atoms with Gasteiger partial charge in [0.15, 0.2) is 11.5 Å². The molecule has 2 aromatic carbocycles. The third-order valence-electron chi connectivity index (χ3n) is 3.99. The fourth-order valence-electron chi connectivity index (χ4n) is 2.92. The summed E-state index contributed by atoms with van der Waals surface area (Å²) in [5, 5.41) is 0. The third-order valence-corrected chi connectivity index (χ3v) is 3.99. The molecule has 1 unspecified atom stereocenters. The Morgan fingerprint density at radius 2 is 1.71 bits per heavy atom. The predicted octanol–water partition coefficient (Wildman–Crippen LogP) is 2.98. The summed E-state index contributed by atoms with van der Waals surface area (Å²) in [6, 6.07) is 13.9. The highest BCUT2D eigenvalue weighted by atomic mass is 16.6. The molecule has 0 saturated heterocycles. The topological polar surface area (TPSA) is 53.7 Å². The van der Waals surface area contributed by atoms with Crippen LogP contribution in [0.15, 0.2) is 42.5 Å². The van der Waals surface area contributed by atoms with Crippen LogP contribution in [-0.2, 0) is 0 Å². The average molecular weight is 283 g/mol. The fourth-order valence-corrected chi connectivity index (χ4v) is 2.92. The van der Waals surface area contributed by atoms with E-state index < -0.39 is 0 Å². The van der Waals surface area contributed by atoms with Crippen molar-refractivity contribution >= 4 is 0 Å². The van der Waals surface area contributed by atoms with Crippen molar-refractivity contribution in [1.82, 2.24) is 0 Å². The van der Waals surface area contributed by atoms with Crippen LogP contribution < -0.4 is 19.9 Å². The largest absolute Gasteiger partial charge is 0.486 e. The lowest BCUT2D eigenvalue weighted by molar-refractivity contribution is 0.156. The van der Waals surface area contributed by atoms with Gasteiger partial charge in [-0.1, -0.05) is 24.3 Å². The molecule has 4 heteroatoms. The van der Waals surface area contributed by atoms with Gasteiger partial charge in [0, 0.05) is 18.0 Å². The minimum atomic E-state index is -0.0503. The number of ether oxygens (including phenoxy) is 3. The van der Waals surface area contributed by atoms with Crippen LogP contribution in [0.1, 0.15) is 29.7 Å². The smallest absolute Gasteiger partial charge is 0.161 e. The molecule has 0 amide bonds. The summed E-state index contributed by atoms with van der Waals surface area (Å²) < 4.78 is 17.3. The second-order valence-electron chi connectivity index (χ2n) is 5.39. The third kappa shape index (κ3) is 2.21. The Balaban J connectivity index is 1.66. The molecule has 2 heterocycles. The van der Waals surface area contributed by atoms with E-state index in [0.717, 1.165) is 34.8 Å². The lowest BCUT2D eigenvalue weighted by Crippen LogP contribution is -2.24. The molecule has 4 rings (SSSR count). The summed E-state index contributed by atoms with van der Waals surface area (Å²) in [4.78, 5) is 0. The molecule has 0 spiro atoms. The molecule has 21 heavy (non-hydrogen) atoms. The van der Waals surface area contributed by atoms with Gasteiger partial charge in [0.1, 0.15) is 25.1 Å². The van der Waals surface area contributed by atoms with Gasteiger partial charge in [-0.2, -0.15) is 0 Å². The van der Waals surface area contributed by atoms with Crippen molar-refractivity contribution in [2.24, 2.45) is 5.73 Å². The van der Waals surface area contributed by atoms with E-state index in [2.05, 4.69) is 0 Å². The van der Waals surface area contributed by atoms with Crippen molar-refractivity contribution < 1.29 is 14.2 Å². The van der Waals surface area contributed by atoms with Crippen molar-refractivity contribution in [3.8, 4) is 17.2 Å². The van der Waals surface area contributed by atoms with Crippen molar-refractivity contribution in [2.75, 3.05) is 13.2 Å². The van der Waals surface area contributed by atoms with Crippen LogP contribution in [0.5, 0.6) is 17.2 Å². The van der Waals surface area contributed by atoms with Gasteiger partial charge in [-0.3, -0.25) is 0 Å². The van der Waals surface area contributed by atoms with Crippen LogP contribution in [0.2, 0.25) is 0 Å². The lowest BCUT2D eigenvalue weighted by Gasteiger charge is -2.31. The number of para-hydroxylation sites is 1. The summed E-state index contributed by atoms with van der Waals surface area (Å²) in [5.74, 6) is 2.46. The Kier molecular flexibility index (Phi) is 2.97. The summed E-state index contributed by atoms with van der Waals surface area (Å²) in [5.41, 5.74) is 8.42. The maximum Gasteiger partial charge on any atom is 0.161 e. The SMILES string of the molecule is N[C@@H]1CC(c2ccc3c(c2)OCCO3)Oc2ccccc21. The molecule has 0 radical (unpaired) electrons. The molecule has 108 valence electrons. The van der Waals surface area contributed by atoms with Crippen molar-refractivity contribution in [1.29, 1.82) is 0 Å². The highest BCUT2D eigenvalue weighted by Crippen LogP contribution is 2.41. The number of hydrogen-bond donors (Lipinski definition) is 1. The van der Waals surface area contributed by atoms with Crippen LogP contribution in [0.4, 0.5) is 0 Å². The van der Waals surface area contributed by atoms with Crippen LogP contribution in [0, 0.1) is 0 Å². The summed E-state index contributed by atoms with van der Waals surface area (Å²) in [6.07, 6.45) is 0.710. The Morgan fingerprint density at radius 3 is 2.62 bits per heavy atom. The summed E-state index contributed by atoms with van der Waals surface area (Å²) >= 11 is 0. The quantitative estimate of drug-likeness (QED) is 0.874. The molecule has 4 nitrogen and oxygen atoms in total. The standard InChI is InChI=1S/C17H17NO3/c18-13-10-16(21-14-4-2-1-3-12(13)14)11-5-6-15-17(9-11)20-8-7-19-15/h1-6,9,13,16H,7-8,10,18H2/t13-,16?/m1/s1. The van der Waals surface area contributed by atoms with E-state index in [9.17, 15) is 0 Å². The van der Waals surface area contributed by atoms with Gasteiger partial charge in [-0.05, 0) is 23.8 Å². The van der Waals surface area contributed by atoms with E-state index in [-0.39, 0.29) is 12.1 Å². The highest BCUT2D eigenvalue weighted by Gasteiger charge is 2.27. The molecule has 2 atom stereocenters. The lowest BCUT2D eigenvalue weighted by atomic mass is 9.93. The Morgan fingerprint density at radius 1 is 0.905 bits per heavy atom. The van der Waals surface area contributed by atoms with Gasteiger partial charge in [0.05, 0.1) is 0 Å². The molecule has 0 fully saturated rings. The first-order chi connectivity index (χ1) is 10.3.